The summed E-state index contributed by atoms with van der Waals surface area (Å²) in [7, 11) is 0. The number of benzene rings is 2. The van der Waals surface area contributed by atoms with Crippen molar-refractivity contribution in [3.8, 4) is 23.7 Å². The molecule has 3 heteroatoms. The predicted molar refractivity (Wildman–Crippen MR) is 362 cm³/mol. The van der Waals surface area contributed by atoms with Gasteiger partial charge in [-0.05, 0) is 74.6 Å². The zero-order valence-corrected chi connectivity index (χ0v) is 55.4. The van der Waals surface area contributed by atoms with E-state index < -0.39 is 0 Å². The van der Waals surface area contributed by atoms with Crippen LogP contribution in [0.2, 0.25) is 0 Å². The van der Waals surface area contributed by atoms with E-state index in [1.165, 1.54) is 311 Å². The number of para-hydroxylation sites is 2. The summed E-state index contributed by atoms with van der Waals surface area (Å²) >= 11 is 0. The van der Waals surface area contributed by atoms with Crippen molar-refractivity contribution in [3.05, 3.63) is 59.7 Å². The Balaban J connectivity index is 0.0000328. The normalized spacial score (nSPS) is 11.6. The van der Waals surface area contributed by atoms with Crippen molar-refractivity contribution in [2.75, 3.05) is 0 Å². The summed E-state index contributed by atoms with van der Waals surface area (Å²) in [6.45, 7) is 9.23. The SMILES string of the molecule is CCCCCCCCCCCCCCCCCCCCCCC#CCCc1ccccc1N=C(CCCC)C(CCCCCCCC)=Nc1ccccc1CCC#CCCCCCCCCCCCCCCCCCCCCCC.[Ni]. The molecule has 0 unspecified atom stereocenters. The summed E-state index contributed by atoms with van der Waals surface area (Å²) in [5, 5.41) is 0. The molecule has 0 spiro atoms. The topological polar surface area (TPSA) is 24.7 Å². The summed E-state index contributed by atoms with van der Waals surface area (Å²) in [6, 6.07) is 17.7. The second-order valence-corrected chi connectivity index (χ2v) is 24.6. The van der Waals surface area contributed by atoms with Crippen LogP contribution in [0.1, 0.15) is 386 Å². The van der Waals surface area contributed by atoms with Gasteiger partial charge < -0.3 is 0 Å². The summed E-state index contributed by atoms with van der Waals surface area (Å²) in [5.74, 6) is 14.2. The Morgan fingerprint density at radius 3 is 0.765 bits per heavy atom. The smallest absolute Gasteiger partial charge is 0.0666 e. The molecule has 0 aliphatic rings. The van der Waals surface area contributed by atoms with Crippen LogP contribution in [0.5, 0.6) is 0 Å². The second-order valence-electron chi connectivity index (χ2n) is 24.6. The number of hydrogen-bond acceptors (Lipinski definition) is 2. The van der Waals surface area contributed by atoms with Gasteiger partial charge in [0.15, 0.2) is 0 Å². The maximum atomic E-state index is 5.56. The maximum absolute atomic E-state index is 5.56. The third-order valence-electron chi connectivity index (χ3n) is 17.0. The van der Waals surface area contributed by atoms with Gasteiger partial charge in [0.1, 0.15) is 0 Å². The molecular weight excluding hydrogens is 1020 g/mol. The Morgan fingerprint density at radius 2 is 0.481 bits per heavy atom. The molecular formula is C78H132N2Ni. The number of aryl methyl sites for hydroxylation is 2. The fourth-order valence-electron chi connectivity index (χ4n) is 11.6. The van der Waals surface area contributed by atoms with Gasteiger partial charge in [-0.1, -0.05) is 347 Å². The van der Waals surface area contributed by atoms with Crippen molar-refractivity contribution < 1.29 is 16.5 Å². The Morgan fingerprint density at radius 1 is 0.259 bits per heavy atom. The summed E-state index contributed by atoms with van der Waals surface area (Å²) in [6.07, 6.45) is 74.6. The van der Waals surface area contributed by atoms with Gasteiger partial charge in [-0.2, -0.15) is 0 Å². The average molecular weight is 1160 g/mol. The van der Waals surface area contributed by atoms with E-state index in [0.717, 1.165) is 82.0 Å². The van der Waals surface area contributed by atoms with Crippen molar-refractivity contribution >= 4 is 22.8 Å². The first kappa shape index (κ1) is 76.4. The van der Waals surface area contributed by atoms with Crippen molar-refractivity contribution in [1.82, 2.24) is 0 Å². The number of aliphatic imine (C=N–C) groups is 2. The predicted octanol–water partition coefficient (Wildman–Crippen LogP) is 26.8. The minimum atomic E-state index is 0. The van der Waals surface area contributed by atoms with Gasteiger partial charge in [-0.25, -0.2) is 0 Å². The van der Waals surface area contributed by atoms with Crippen LogP contribution in [-0.4, -0.2) is 11.4 Å². The Kier molecular flexibility index (Phi) is 58.4. The average Bonchev–Trinajstić information content (AvgIpc) is 3.47. The van der Waals surface area contributed by atoms with E-state index in [-0.39, 0.29) is 16.5 Å². The van der Waals surface area contributed by atoms with E-state index in [4.69, 9.17) is 9.98 Å². The molecule has 0 atom stereocenters. The van der Waals surface area contributed by atoms with Crippen molar-refractivity contribution in [1.29, 1.82) is 0 Å². The first-order chi connectivity index (χ1) is 39.7. The zero-order valence-electron chi connectivity index (χ0n) is 54.4. The molecule has 0 saturated carbocycles. The third-order valence-corrected chi connectivity index (χ3v) is 17.0. The molecule has 0 radical (unpaired) electrons. The van der Waals surface area contributed by atoms with Gasteiger partial charge >= 0.3 is 0 Å². The van der Waals surface area contributed by atoms with E-state index >= 15 is 0 Å². The van der Waals surface area contributed by atoms with Crippen molar-refractivity contribution in [3.63, 3.8) is 0 Å². The Hall–Kier alpha value is -2.61. The molecule has 0 amide bonds. The van der Waals surface area contributed by atoms with Crippen LogP contribution in [-0.2, 0) is 29.3 Å². The van der Waals surface area contributed by atoms with Gasteiger partial charge in [-0.3, -0.25) is 9.98 Å². The molecule has 0 aliphatic carbocycles. The molecule has 2 nitrogen and oxygen atoms in total. The Bertz CT molecular complexity index is 1830. The van der Waals surface area contributed by atoms with Crippen LogP contribution in [0, 0.1) is 23.7 Å². The van der Waals surface area contributed by atoms with Crippen LogP contribution in [0.4, 0.5) is 11.4 Å². The van der Waals surface area contributed by atoms with Gasteiger partial charge in [0.2, 0.25) is 0 Å². The molecule has 0 aliphatic heterocycles. The molecule has 0 saturated heterocycles. The first-order valence-corrected chi connectivity index (χ1v) is 36.0. The quantitative estimate of drug-likeness (QED) is 0.0273. The van der Waals surface area contributed by atoms with Crippen LogP contribution in [0.15, 0.2) is 58.5 Å². The van der Waals surface area contributed by atoms with Crippen molar-refractivity contribution in [2.45, 2.75) is 387 Å². The second kappa shape index (κ2) is 61.9. The molecule has 0 fully saturated rings. The number of hydrogen-bond donors (Lipinski definition) is 0. The minimum absolute atomic E-state index is 0. The fourth-order valence-corrected chi connectivity index (χ4v) is 11.6. The monoisotopic (exact) mass is 1150 g/mol. The molecule has 0 aromatic heterocycles. The standard InChI is InChI=1S/C78H132N2.Ni/c1-5-9-13-16-19-21-23-25-27-29-31-33-35-37-39-41-43-45-47-49-51-53-55-58-65-73-67-61-63-70-75(73)79-77(69-12-8-4)78(72-60-57-18-15-11-7-3)80-76-71-64-62-68-74(76)66-59-56-54-52-50-48-46-44-42-40-38-36-34-32-30-28-26-24-22-20-17-14-10-6-2;/h61-64,67-68,70-71H,5-52,57-60,65-66,69,72H2,1-4H3;. The van der Waals surface area contributed by atoms with Crippen LogP contribution >= 0.6 is 0 Å². The number of nitrogens with zero attached hydrogens (tertiary/aromatic N) is 2. The molecule has 2 rings (SSSR count). The molecule has 0 heterocycles. The Labute approximate surface area is 516 Å². The molecule has 0 bridgehead atoms. The van der Waals surface area contributed by atoms with Crippen molar-refractivity contribution in [2.24, 2.45) is 9.98 Å². The van der Waals surface area contributed by atoms with Gasteiger partial charge in [-0.15, -0.1) is 23.7 Å². The molecule has 81 heavy (non-hydrogen) atoms. The van der Waals surface area contributed by atoms with Crippen LogP contribution in [0.25, 0.3) is 0 Å². The molecule has 2 aromatic carbocycles. The van der Waals surface area contributed by atoms with Gasteiger partial charge in [0.05, 0.1) is 22.8 Å². The largest absolute Gasteiger partial charge is 0.251 e. The van der Waals surface area contributed by atoms with E-state index in [0.29, 0.717) is 0 Å². The number of unbranched alkanes of at least 4 members (excludes halogenated alkanes) is 46. The fraction of sp³-hybridized carbons (Fsp3) is 0.769. The van der Waals surface area contributed by atoms with Gasteiger partial charge in [0, 0.05) is 42.2 Å². The number of rotatable bonds is 57. The van der Waals surface area contributed by atoms with Crippen LogP contribution < -0.4 is 0 Å². The van der Waals surface area contributed by atoms with E-state index in [9.17, 15) is 0 Å². The molecule has 464 valence electrons. The third kappa shape index (κ3) is 48.3. The van der Waals surface area contributed by atoms with E-state index in [2.05, 4.69) is 99.9 Å². The minimum Gasteiger partial charge on any atom is -0.251 e. The molecule has 2 aromatic rings. The summed E-state index contributed by atoms with van der Waals surface area (Å²) < 4.78 is 0. The first-order valence-electron chi connectivity index (χ1n) is 36.0. The summed E-state index contributed by atoms with van der Waals surface area (Å²) in [5.41, 5.74) is 7.21. The summed E-state index contributed by atoms with van der Waals surface area (Å²) in [4.78, 5) is 11.1. The maximum Gasteiger partial charge on any atom is 0.0666 e. The van der Waals surface area contributed by atoms with Crippen LogP contribution in [0.3, 0.4) is 0 Å². The zero-order chi connectivity index (χ0) is 57.0. The molecule has 0 N–H and O–H groups in total. The van der Waals surface area contributed by atoms with E-state index in [1.807, 2.05) is 0 Å². The van der Waals surface area contributed by atoms with E-state index in [1.54, 1.807) is 0 Å². The van der Waals surface area contributed by atoms with Gasteiger partial charge in [0.25, 0.3) is 0 Å².